The van der Waals surface area contributed by atoms with Gasteiger partial charge in [-0.05, 0) is 24.8 Å². The van der Waals surface area contributed by atoms with Gasteiger partial charge in [0.1, 0.15) is 0 Å². The van der Waals surface area contributed by atoms with Crippen LogP contribution in [0.1, 0.15) is 17.5 Å². The number of hydrogen-bond acceptors (Lipinski definition) is 4. The fourth-order valence-electron chi connectivity index (χ4n) is 1.55. The van der Waals surface area contributed by atoms with Crippen LogP contribution in [0, 0.1) is 0 Å². The van der Waals surface area contributed by atoms with Crippen LogP contribution in [0.3, 0.4) is 0 Å². The highest BCUT2D eigenvalue weighted by Crippen LogP contribution is 2.11. The molecule has 0 bridgehead atoms. The molecule has 0 aliphatic rings. The Labute approximate surface area is 99.3 Å². The zero-order chi connectivity index (χ0) is 11.4. The summed E-state index contributed by atoms with van der Waals surface area (Å²) >= 11 is 1.81. The molecule has 0 aliphatic carbocycles. The van der Waals surface area contributed by atoms with E-state index in [1.165, 1.54) is 4.88 Å². The Morgan fingerprint density at radius 3 is 3.06 bits per heavy atom. The lowest BCUT2D eigenvalue weighted by atomic mass is 10.2. The SMILES string of the molecule is CC(Cc1cccs1)NCc1cnnn1C. The molecule has 0 fully saturated rings. The van der Waals surface area contributed by atoms with E-state index in [9.17, 15) is 0 Å². The van der Waals surface area contributed by atoms with Crippen molar-refractivity contribution in [1.29, 1.82) is 0 Å². The smallest absolute Gasteiger partial charge is 0.0738 e. The van der Waals surface area contributed by atoms with Crippen LogP contribution in [0.2, 0.25) is 0 Å². The first kappa shape index (κ1) is 11.3. The lowest BCUT2D eigenvalue weighted by Crippen LogP contribution is -2.28. The van der Waals surface area contributed by atoms with Crippen molar-refractivity contribution in [2.24, 2.45) is 7.05 Å². The van der Waals surface area contributed by atoms with E-state index in [2.05, 4.69) is 40.1 Å². The number of hydrogen-bond donors (Lipinski definition) is 1. The maximum atomic E-state index is 3.90. The predicted molar refractivity (Wildman–Crippen MR) is 65.3 cm³/mol. The van der Waals surface area contributed by atoms with Crippen molar-refractivity contribution >= 4 is 11.3 Å². The van der Waals surface area contributed by atoms with Crippen molar-refractivity contribution in [3.8, 4) is 0 Å². The van der Waals surface area contributed by atoms with E-state index in [0.29, 0.717) is 6.04 Å². The normalized spacial score (nSPS) is 12.9. The van der Waals surface area contributed by atoms with Crippen LogP contribution in [0.5, 0.6) is 0 Å². The molecule has 1 N–H and O–H groups in total. The first-order valence-corrected chi connectivity index (χ1v) is 6.23. The summed E-state index contributed by atoms with van der Waals surface area (Å²) in [5.74, 6) is 0. The molecular weight excluding hydrogens is 220 g/mol. The fourth-order valence-corrected chi connectivity index (χ4v) is 2.39. The van der Waals surface area contributed by atoms with E-state index < -0.39 is 0 Å². The minimum Gasteiger partial charge on any atom is -0.308 e. The molecule has 5 heteroatoms. The van der Waals surface area contributed by atoms with Gasteiger partial charge in [0.05, 0.1) is 11.9 Å². The number of thiophene rings is 1. The van der Waals surface area contributed by atoms with Gasteiger partial charge >= 0.3 is 0 Å². The number of aryl methyl sites for hydroxylation is 1. The van der Waals surface area contributed by atoms with E-state index in [-0.39, 0.29) is 0 Å². The molecule has 0 aliphatic heterocycles. The maximum absolute atomic E-state index is 3.90. The molecule has 0 saturated heterocycles. The van der Waals surface area contributed by atoms with Gasteiger partial charge in [-0.2, -0.15) is 0 Å². The van der Waals surface area contributed by atoms with Crippen molar-refractivity contribution < 1.29 is 0 Å². The Hall–Kier alpha value is -1.20. The highest BCUT2D eigenvalue weighted by molar-refractivity contribution is 7.09. The van der Waals surface area contributed by atoms with Gasteiger partial charge in [-0.3, -0.25) is 4.68 Å². The van der Waals surface area contributed by atoms with Gasteiger partial charge in [-0.15, -0.1) is 16.4 Å². The Kier molecular flexibility index (Phi) is 3.69. The molecule has 0 radical (unpaired) electrons. The molecule has 2 rings (SSSR count). The molecule has 2 heterocycles. The minimum absolute atomic E-state index is 0.466. The summed E-state index contributed by atoms with van der Waals surface area (Å²) in [5, 5.41) is 13.3. The van der Waals surface area contributed by atoms with E-state index >= 15 is 0 Å². The maximum Gasteiger partial charge on any atom is 0.0738 e. The quantitative estimate of drug-likeness (QED) is 0.857. The van der Waals surface area contributed by atoms with Gasteiger partial charge < -0.3 is 5.32 Å². The van der Waals surface area contributed by atoms with E-state index in [4.69, 9.17) is 0 Å². The topological polar surface area (TPSA) is 42.7 Å². The minimum atomic E-state index is 0.466. The average molecular weight is 236 g/mol. The zero-order valence-electron chi connectivity index (χ0n) is 9.55. The third kappa shape index (κ3) is 2.90. The van der Waals surface area contributed by atoms with Gasteiger partial charge in [0.2, 0.25) is 0 Å². The summed E-state index contributed by atoms with van der Waals surface area (Å²) in [6.45, 7) is 3.01. The van der Waals surface area contributed by atoms with E-state index in [1.807, 2.05) is 18.4 Å². The van der Waals surface area contributed by atoms with Crippen LogP contribution in [-0.2, 0) is 20.0 Å². The standard InChI is InChI=1S/C11H16N4S/c1-9(6-11-4-3-5-16-11)12-7-10-8-13-14-15(10)2/h3-5,8-9,12H,6-7H2,1-2H3. The molecule has 0 saturated carbocycles. The van der Waals surface area contributed by atoms with Crippen LogP contribution in [-0.4, -0.2) is 21.0 Å². The lowest BCUT2D eigenvalue weighted by Gasteiger charge is -2.12. The summed E-state index contributed by atoms with van der Waals surface area (Å²) in [6.07, 6.45) is 2.87. The van der Waals surface area contributed by atoms with Crippen LogP contribution >= 0.6 is 11.3 Å². The monoisotopic (exact) mass is 236 g/mol. The van der Waals surface area contributed by atoms with Crippen LogP contribution < -0.4 is 5.32 Å². The lowest BCUT2D eigenvalue weighted by molar-refractivity contribution is 0.527. The molecule has 0 aromatic carbocycles. The fraction of sp³-hybridized carbons (Fsp3) is 0.455. The van der Waals surface area contributed by atoms with Gasteiger partial charge in [-0.25, -0.2) is 0 Å². The number of nitrogens with zero attached hydrogens (tertiary/aromatic N) is 3. The third-order valence-corrected chi connectivity index (χ3v) is 3.43. The average Bonchev–Trinajstić information content (AvgIpc) is 2.87. The number of rotatable bonds is 5. The van der Waals surface area contributed by atoms with Crippen molar-refractivity contribution in [3.63, 3.8) is 0 Å². The summed E-state index contributed by atoms with van der Waals surface area (Å²) in [5.41, 5.74) is 1.11. The largest absolute Gasteiger partial charge is 0.308 e. The molecule has 1 unspecified atom stereocenters. The van der Waals surface area contributed by atoms with Gasteiger partial charge in [0.25, 0.3) is 0 Å². The van der Waals surface area contributed by atoms with Crippen LogP contribution in [0.25, 0.3) is 0 Å². The van der Waals surface area contributed by atoms with Gasteiger partial charge in [-0.1, -0.05) is 11.3 Å². The third-order valence-electron chi connectivity index (χ3n) is 2.53. The van der Waals surface area contributed by atoms with Crippen LogP contribution in [0.4, 0.5) is 0 Å². The first-order chi connectivity index (χ1) is 7.75. The second kappa shape index (κ2) is 5.23. The van der Waals surface area contributed by atoms with Crippen molar-refractivity contribution in [2.45, 2.75) is 25.9 Å². The molecule has 2 aromatic rings. The Morgan fingerprint density at radius 1 is 1.56 bits per heavy atom. The Morgan fingerprint density at radius 2 is 2.44 bits per heavy atom. The summed E-state index contributed by atoms with van der Waals surface area (Å²) in [7, 11) is 1.91. The summed E-state index contributed by atoms with van der Waals surface area (Å²) in [6, 6.07) is 4.74. The highest BCUT2D eigenvalue weighted by atomic mass is 32.1. The second-order valence-electron chi connectivity index (χ2n) is 3.91. The summed E-state index contributed by atoms with van der Waals surface area (Å²) in [4.78, 5) is 1.42. The predicted octanol–water partition coefficient (Wildman–Crippen LogP) is 1.60. The van der Waals surface area contributed by atoms with Gasteiger partial charge in [0, 0.05) is 24.5 Å². The van der Waals surface area contributed by atoms with Gasteiger partial charge in [0.15, 0.2) is 0 Å². The molecule has 0 amide bonds. The molecule has 86 valence electrons. The van der Waals surface area contributed by atoms with Crippen LogP contribution in [0.15, 0.2) is 23.7 Å². The summed E-state index contributed by atoms with van der Waals surface area (Å²) < 4.78 is 1.80. The molecule has 0 spiro atoms. The number of aromatic nitrogens is 3. The van der Waals surface area contributed by atoms with Crippen molar-refractivity contribution in [3.05, 3.63) is 34.3 Å². The molecule has 16 heavy (non-hydrogen) atoms. The van der Waals surface area contributed by atoms with Crippen molar-refractivity contribution in [2.75, 3.05) is 0 Å². The Bertz CT molecular complexity index is 421. The van der Waals surface area contributed by atoms with E-state index in [1.54, 1.807) is 10.9 Å². The second-order valence-corrected chi connectivity index (χ2v) is 4.95. The molecular formula is C11H16N4S. The first-order valence-electron chi connectivity index (χ1n) is 5.35. The highest BCUT2D eigenvalue weighted by Gasteiger charge is 2.05. The molecule has 4 nitrogen and oxygen atoms in total. The van der Waals surface area contributed by atoms with Crippen molar-refractivity contribution in [1.82, 2.24) is 20.3 Å². The van der Waals surface area contributed by atoms with E-state index in [0.717, 1.165) is 18.7 Å². The molecule has 2 aromatic heterocycles. The molecule has 1 atom stereocenters. The zero-order valence-corrected chi connectivity index (χ0v) is 10.4. The Balaban J connectivity index is 1.80. The number of nitrogens with one attached hydrogen (secondary N) is 1.